The fourth-order valence-corrected chi connectivity index (χ4v) is 2.23. The van der Waals surface area contributed by atoms with Crippen LogP contribution < -0.4 is 16.0 Å². The summed E-state index contributed by atoms with van der Waals surface area (Å²) in [6.45, 7) is 3.95. The molecule has 1 aromatic rings. The molecule has 1 saturated heterocycles. The van der Waals surface area contributed by atoms with Crippen LogP contribution in [0, 0.1) is 0 Å². The smallest absolute Gasteiger partial charge is 0.319 e. The van der Waals surface area contributed by atoms with Crippen LogP contribution in [0.25, 0.3) is 0 Å². The first-order chi connectivity index (χ1) is 10.7. The monoisotopic (exact) mass is 305 g/mol. The first-order valence-electron chi connectivity index (χ1n) is 7.73. The second-order valence-electron chi connectivity index (χ2n) is 5.30. The topological polar surface area (TPSA) is 79.5 Å². The average molecular weight is 305 g/mol. The number of nitrogens with one attached hydrogen (secondary N) is 3. The molecule has 3 N–H and O–H groups in total. The van der Waals surface area contributed by atoms with Crippen molar-refractivity contribution in [3.8, 4) is 0 Å². The quantitative estimate of drug-likeness (QED) is 0.753. The second-order valence-corrected chi connectivity index (χ2v) is 5.30. The average Bonchev–Trinajstić information content (AvgIpc) is 3.05. The molecule has 0 saturated carbocycles. The van der Waals surface area contributed by atoms with Crippen molar-refractivity contribution in [1.82, 2.24) is 10.6 Å². The van der Waals surface area contributed by atoms with Crippen molar-refractivity contribution >= 4 is 17.6 Å². The van der Waals surface area contributed by atoms with Crippen LogP contribution in [0.3, 0.4) is 0 Å². The lowest BCUT2D eigenvalue weighted by Gasteiger charge is -2.12. The van der Waals surface area contributed by atoms with E-state index in [1.54, 1.807) is 24.3 Å². The van der Waals surface area contributed by atoms with Crippen LogP contribution >= 0.6 is 0 Å². The molecular weight excluding hydrogens is 282 g/mol. The van der Waals surface area contributed by atoms with Crippen LogP contribution in [0.4, 0.5) is 10.5 Å². The van der Waals surface area contributed by atoms with E-state index >= 15 is 0 Å². The molecule has 120 valence electrons. The first-order valence-corrected chi connectivity index (χ1v) is 7.73. The SMILES string of the molecule is CCCNC(=O)c1ccc(NC(=O)NCC2CCCO2)cc1. The minimum absolute atomic E-state index is 0.101. The molecule has 22 heavy (non-hydrogen) atoms. The lowest BCUT2D eigenvalue weighted by Crippen LogP contribution is -2.35. The van der Waals surface area contributed by atoms with Crippen LogP contribution in [0.2, 0.25) is 0 Å². The molecule has 0 radical (unpaired) electrons. The minimum Gasteiger partial charge on any atom is -0.376 e. The number of carbonyl (C=O) groups is 2. The lowest BCUT2D eigenvalue weighted by molar-refractivity contribution is 0.0953. The summed E-state index contributed by atoms with van der Waals surface area (Å²) in [5.41, 5.74) is 1.23. The van der Waals surface area contributed by atoms with E-state index in [1.807, 2.05) is 6.92 Å². The van der Waals surface area contributed by atoms with Crippen molar-refractivity contribution in [2.24, 2.45) is 0 Å². The molecule has 1 atom stereocenters. The predicted octanol–water partition coefficient (Wildman–Crippen LogP) is 2.13. The molecule has 0 spiro atoms. The van der Waals surface area contributed by atoms with Gasteiger partial charge in [0, 0.05) is 30.9 Å². The zero-order valence-electron chi connectivity index (χ0n) is 12.9. The highest BCUT2D eigenvalue weighted by Gasteiger charge is 2.16. The molecule has 0 aliphatic carbocycles. The van der Waals surface area contributed by atoms with Crippen LogP contribution in [0.15, 0.2) is 24.3 Å². The van der Waals surface area contributed by atoms with Crippen molar-refractivity contribution in [2.45, 2.75) is 32.3 Å². The molecule has 6 nitrogen and oxygen atoms in total. The number of carbonyl (C=O) groups excluding carboxylic acids is 2. The molecule has 1 aromatic carbocycles. The van der Waals surface area contributed by atoms with Gasteiger partial charge < -0.3 is 20.7 Å². The van der Waals surface area contributed by atoms with E-state index in [4.69, 9.17) is 4.74 Å². The second kappa shape index (κ2) is 8.38. The van der Waals surface area contributed by atoms with Gasteiger partial charge in [-0.25, -0.2) is 4.79 Å². The third-order valence-electron chi connectivity index (χ3n) is 3.45. The number of hydrogen-bond acceptors (Lipinski definition) is 3. The van der Waals surface area contributed by atoms with E-state index in [1.165, 1.54) is 0 Å². The van der Waals surface area contributed by atoms with Crippen LogP contribution in [0.1, 0.15) is 36.5 Å². The Balaban J connectivity index is 1.77. The first kappa shape index (κ1) is 16.3. The molecule has 6 heteroatoms. The van der Waals surface area contributed by atoms with Crippen molar-refractivity contribution < 1.29 is 14.3 Å². The van der Waals surface area contributed by atoms with E-state index in [9.17, 15) is 9.59 Å². The molecule has 0 bridgehead atoms. The van der Waals surface area contributed by atoms with Gasteiger partial charge >= 0.3 is 6.03 Å². The summed E-state index contributed by atoms with van der Waals surface area (Å²) in [5.74, 6) is -0.101. The van der Waals surface area contributed by atoms with E-state index in [0.717, 1.165) is 25.9 Å². The molecule has 1 fully saturated rings. The Morgan fingerprint density at radius 3 is 2.64 bits per heavy atom. The number of benzene rings is 1. The van der Waals surface area contributed by atoms with Gasteiger partial charge in [0.2, 0.25) is 0 Å². The summed E-state index contributed by atoms with van der Waals surface area (Å²) >= 11 is 0. The zero-order chi connectivity index (χ0) is 15.8. The fraction of sp³-hybridized carbons (Fsp3) is 0.500. The molecule has 1 unspecified atom stereocenters. The predicted molar refractivity (Wildman–Crippen MR) is 85.1 cm³/mol. The van der Waals surface area contributed by atoms with E-state index in [0.29, 0.717) is 24.3 Å². The highest BCUT2D eigenvalue weighted by molar-refractivity contribution is 5.95. The summed E-state index contributed by atoms with van der Waals surface area (Å²) < 4.78 is 5.44. The van der Waals surface area contributed by atoms with Gasteiger partial charge in [0.25, 0.3) is 5.91 Å². The molecule has 3 amide bonds. The summed E-state index contributed by atoms with van der Waals surface area (Å²) in [6.07, 6.45) is 3.06. The number of amides is 3. The van der Waals surface area contributed by atoms with Crippen LogP contribution in [-0.2, 0) is 4.74 Å². The maximum Gasteiger partial charge on any atom is 0.319 e. The fourth-order valence-electron chi connectivity index (χ4n) is 2.23. The van der Waals surface area contributed by atoms with Gasteiger partial charge in [-0.1, -0.05) is 6.92 Å². The van der Waals surface area contributed by atoms with Crippen LogP contribution in [-0.4, -0.2) is 37.7 Å². The molecule has 2 rings (SSSR count). The molecule has 1 heterocycles. The van der Waals surface area contributed by atoms with Crippen molar-refractivity contribution in [2.75, 3.05) is 25.0 Å². The highest BCUT2D eigenvalue weighted by Crippen LogP contribution is 2.11. The van der Waals surface area contributed by atoms with E-state index in [2.05, 4.69) is 16.0 Å². The summed E-state index contributed by atoms with van der Waals surface area (Å²) in [4.78, 5) is 23.5. The Morgan fingerprint density at radius 2 is 2.00 bits per heavy atom. The zero-order valence-corrected chi connectivity index (χ0v) is 12.9. The van der Waals surface area contributed by atoms with Gasteiger partial charge in [-0.2, -0.15) is 0 Å². The summed E-state index contributed by atoms with van der Waals surface area (Å²) in [7, 11) is 0. The largest absolute Gasteiger partial charge is 0.376 e. The third kappa shape index (κ3) is 5.04. The Bertz CT molecular complexity index is 496. The Hall–Kier alpha value is -2.08. The maximum absolute atomic E-state index is 11.8. The highest BCUT2D eigenvalue weighted by atomic mass is 16.5. The van der Waals surface area contributed by atoms with Crippen molar-refractivity contribution in [3.05, 3.63) is 29.8 Å². The van der Waals surface area contributed by atoms with E-state index < -0.39 is 0 Å². The molecular formula is C16H23N3O3. The van der Waals surface area contributed by atoms with Gasteiger partial charge in [-0.3, -0.25) is 4.79 Å². The molecule has 0 aromatic heterocycles. The Kier molecular flexibility index (Phi) is 6.21. The number of hydrogen-bond donors (Lipinski definition) is 3. The van der Waals surface area contributed by atoms with Crippen molar-refractivity contribution in [1.29, 1.82) is 0 Å². The summed E-state index contributed by atoms with van der Waals surface area (Å²) in [5, 5.41) is 8.33. The van der Waals surface area contributed by atoms with Crippen molar-refractivity contribution in [3.63, 3.8) is 0 Å². The minimum atomic E-state index is -0.265. The normalized spacial score (nSPS) is 17.0. The third-order valence-corrected chi connectivity index (χ3v) is 3.45. The number of ether oxygens (including phenoxy) is 1. The number of anilines is 1. The maximum atomic E-state index is 11.8. The molecule has 1 aliphatic rings. The standard InChI is InChI=1S/C16H23N3O3/c1-2-9-17-15(20)12-5-7-13(8-6-12)19-16(21)18-11-14-4-3-10-22-14/h5-8,14H,2-4,9-11H2,1H3,(H,17,20)(H2,18,19,21). The number of rotatable bonds is 6. The molecule has 1 aliphatic heterocycles. The summed E-state index contributed by atoms with van der Waals surface area (Å²) in [6, 6.07) is 6.55. The lowest BCUT2D eigenvalue weighted by atomic mass is 10.2. The number of urea groups is 1. The van der Waals surface area contributed by atoms with Gasteiger partial charge in [-0.15, -0.1) is 0 Å². The Labute approximate surface area is 130 Å². The van der Waals surface area contributed by atoms with Gasteiger partial charge in [0.05, 0.1) is 6.10 Å². The Morgan fingerprint density at radius 1 is 1.23 bits per heavy atom. The van der Waals surface area contributed by atoms with Gasteiger partial charge in [0.15, 0.2) is 0 Å². The van der Waals surface area contributed by atoms with Gasteiger partial charge in [-0.05, 0) is 43.5 Å². The van der Waals surface area contributed by atoms with E-state index in [-0.39, 0.29) is 18.0 Å². The van der Waals surface area contributed by atoms with Gasteiger partial charge in [0.1, 0.15) is 0 Å². The van der Waals surface area contributed by atoms with Crippen LogP contribution in [0.5, 0.6) is 0 Å².